The first-order valence-electron chi connectivity index (χ1n) is 6.61. The predicted molar refractivity (Wildman–Crippen MR) is 76.7 cm³/mol. The third-order valence-corrected chi connectivity index (χ3v) is 3.72. The highest BCUT2D eigenvalue weighted by molar-refractivity contribution is 5.79. The number of pyridine rings is 1. The number of nitriles is 1. The van der Waals surface area contributed by atoms with Crippen LogP contribution in [-0.4, -0.2) is 22.1 Å². The molecule has 0 saturated carbocycles. The van der Waals surface area contributed by atoms with Gasteiger partial charge in [-0.2, -0.15) is 5.26 Å². The first-order chi connectivity index (χ1) is 10.2. The van der Waals surface area contributed by atoms with Crippen molar-refractivity contribution in [1.82, 2.24) is 4.98 Å². The Morgan fingerprint density at radius 1 is 1.33 bits per heavy atom. The van der Waals surface area contributed by atoms with Crippen molar-refractivity contribution in [3.05, 3.63) is 59.4 Å². The summed E-state index contributed by atoms with van der Waals surface area (Å²) in [7, 11) is 0. The summed E-state index contributed by atoms with van der Waals surface area (Å²) in [4.78, 5) is 17.3. The van der Waals surface area contributed by atoms with Crippen molar-refractivity contribution in [1.29, 1.82) is 5.26 Å². The second kappa shape index (κ2) is 5.25. The zero-order chi connectivity index (χ0) is 14.8. The zero-order valence-electron chi connectivity index (χ0n) is 11.2. The SMILES string of the molecule is N#Cc1cc(N2Cc3ccccc3CC2C(=O)O)ccn1. The maximum Gasteiger partial charge on any atom is 0.326 e. The highest BCUT2D eigenvalue weighted by atomic mass is 16.4. The first kappa shape index (κ1) is 13.1. The van der Waals surface area contributed by atoms with Crippen LogP contribution in [0.2, 0.25) is 0 Å². The summed E-state index contributed by atoms with van der Waals surface area (Å²) in [5, 5.41) is 18.4. The molecule has 3 rings (SSSR count). The van der Waals surface area contributed by atoms with Gasteiger partial charge in [0, 0.05) is 24.8 Å². The number of carboxylic acid groups (broad SMARTS) is 1. The number of fused-ring (bicyclic) bond motifs is 1. The van der Waals surface area contributed by atoms with Gasteiger partial charge in [-0.25, -0.2) is 9.78 Å². The van der Waals surface area contributed by atoms with E-state index >= 15 is 0 Å². The average Bonchev–Trinajstić information content (AvgIpc) is 2.53. The number of nitrogens with zero attached hydrogens (tertiary/aromatic N) is 3. The molecule has 1 unspecified atom stereocenters. The molecule has 0 fully saturated rings. The van der Waals surface area contributed by atoms with Crippen LogP contribution in [0.15, 0.2) is 42.6 Å². The van der Waals surface area contributed by atoms with E-state index in [2.05, 4.69) is 4.98 Å². The number of rotatable bonds is 2. The third-order valence-electron chi connectivity index (χ3n) is 3.72. The van der Waals surface area contributed by atoms with Gasteiger partial charge in [0.25, 0.3) is 0 Å². The number of hydrogen-bond acceptors (Lipinski definition) is 4. The Bertz CT molecular complexity index is 736. The van der Waals surface area contributed by atoms with Crippen LogP contribution in [0.3, 0.4) is 0 Å². The largest absolute Gasteiger partial charge is 0.480 e. The van der Waals surface area contributed by atoms with Gasteiger partial charge in [0.15, 0.2) is 0 Å². The number of hydrogen-bond donors (Lipinski definition) is 1. The highest BCUT2D eigenvalue weighted by Gasteiger charge is 2.31. The minimum Gasteiger partial charge on any atom is -0.480 e. The molecule has 0 amide bonds. The van der Waals surface area contributed by atoms with Gasteiger partial charge >= 0.3 is 5.97 Å². The highest BCUT2D eigenvalue weighted by Crippen LogP contribution is 2.28. The van der Waals surface area contributed by atoms with E-state index in [0.717, 1.165) is 11.1 Å². The quantitative estimate of drug-likeness (QED) is 0.909. The molecule has 0 bridgehead atoms. The summed E-state index contributed by atoms with van der Waals surface area (Å²) in [6.07, 6.45) is 1.99. The topological polar surface area (TPSA) is 77.2 Å². The Morgan fingerprint density at radius 2 is 2.10 bits per heavy atom. The van der Waals surface area contributed by atoms with Crippen LogP contribution < -0.4 is 4.90 Å². The molecule has 0 aliphatic carbocycles. The summed E-state index contributed by atoms with van der Waals surface area (Å²) < 4.78 is 0. The molecule has 0 spiro atoms. The summed E-state index contributed by atoms with van der Waals surface area (Å²) in [6.45, 7) is 0.516. The van der Waals surface area contributed by atoms with Crippen LogP contribution in [0.5, 0.6) is 0 Å². The van der Waals surface area contributed by atoms with E-state index in [4.69, 9.17) is 5.26 Å². The number of aliphatic carboxylic acids is 1. The molecule has 1 aliphatic heterocycles. The van der Waals surface area contributed by atoms with Gasteiger partial charge < -0.3 is 10.0 Å². The molecule has 0 radical (unpaired) electrons. The molecule has 0 saturated heterocycles. The molecular formula is C16H13N3O2. The summed E-state index contributed by atoms with van der Waals surface area (Å²) in [5.74, 6) is -0.861. The van der Waals surface area contributed by atoms with Crippen molar-refractivity contribution in [2.75, 3.05) is 4.90 Å². The van der Waals surface area contributed by atoms with Crippen molar-refractivity contribution in [3.63, 3.8) is 0 Å². The van der Waals surface area contributed by atoms with Crippen LogP contribution >= 0.6 is 0 Å². The number of carbonyl (C=O) groups is 1. The van der Waals surface area contributed by atoms with Gasteiger partial charge in [-0.1, -0.05) is 24.3 Å². The maximum absolute atomic E-state index is 11.6. The fraction of sp³-hybridized carbons (Fsp3) is 0.188. The minimum atomic E-state index is -0.861. The van der Waals surface area contributed by atoms with Gasteiger partial charge in [0.1, 0.15) is 17.8 Å². The molecule has 1 aromatic heterocycles. The summed E-state index contributed by atoms with van der Waals surface area (Å²) >= 11 is 0. The number of aromatic nitrogens is 1. The average molecular weight is 279 g/mol. The molecule has 5 heteroatoms. The van der Waals surface area contributed by atoms with Crippen LogP contribution in [0.1, 0.15) is 16.8 Å². The molecule has 1 atom stereocenters. The lowest BCUT2D eigenvalue weighted by molar-refractivity contribution is -0.138. The predicted octanol–water partition coefficient (Wildman–Crippen LogP) is 1.97. The second-order valence-corrected chi connectivity index (χ2v) is 4.97. The molecule has 1 aromatic carbocycles. The van der Waals surface area contributed by atoms with Crippen LogP contribution in [-0.2, 0) is 17.8 Å². The number of benzene rings is 1. The van der Waals surface area contributed by atoms with E-state index in [9.17, 15) is 9.90 Å². The molecule has 1 N–H and O–H groups in total. The van der Waals surface area contributed by atoms with E-state index in [0.29, 0.717) is 18.7 Å². The molecule has 104 valence electrons. The van der Waals surface area contributed by atoms with Crippen LogP contribution in [0.25, 0.3) is 0 Å². The first-order valence-corrected chi connectivity index (χ1v) is 6.61. The maximum atomic E-state index is 11.6. The van der Waals surface area contributed by atoms with Crippen molar-refractivity contribution in [2.24, 2.45) is 0 Å². The minimum absolute atomic E-state index is 0.287. The monoisotopic (exact) mass is 279 g/mol. The van der Waals surface area contributed by atoms with Crippen molar-refractivity contribution < 1.29 is 9.90 Å². The smallest absolute Gasteiger partial charge is 0.326 e. The number of anilines is 1. The van der Waals surface area contributed by atoms with Gasteiger partial charge in [-0.05, 0) is 23.3 Å². The van der Waals surface area contributed by atoms with Gasteiger partial charge in [0.2, 0.25) is 0 Å². The third kappa shape index (κ3) is 2.43. The lowest BCUT2D eigenvalue weighted by atomic mass is 9.93. The van der Waals surface area contributed by atoms with Gasteiger partial charge in [-0.15, -0.1) is 0 Å². The molecule has 21 heavy (non-hydrogen) atoms. The van der Waals surface area contributed by atoms with Crippen molar-refractivity contribution >= 4 is 11.7 Å². The van der Waals surface area contributed by atoms with E-state index in [-0.39, 0.29) is 5.69 Å². The molecule has 1 aliphatic rings. The fourth-order valence-corrected chi connectivity index (χ4v) is 2.67. The van der Waals surface area contributed by atoms with Gasteiger partial charge in [-0.3, -0.25) is 0 Å². The standard InChI is InChI=1S/C16H13N3O2/c17-9-13-8-14(5-6-18-13)19-10-12-4-2-1-3-11(12)7-15(19)16(20)21/h1-6,8,15H,7,10H2,(H,20,21). The normalized spacial score (nSPS) is 16.9. The van der Waals surface area contributed by atoms with Crippen LogP contribution in [0.4, 0.5) is 5.69 Å². The second-order valence-electron chi connectivity index (χ2n) is 4.97. The lowest BCUT2D eigenvalue weighted by Crippen LogP contribution is -2.45. The Morgan fingerprint density at radius 3 is 2.81 bits per heavy atom. The molecular weight excluding hydrogens is 266 g/mol. The van der Waals surface area contributed by atoms with E-state index in [1.807, 2.05) is 35.2 Å². The molecule has 2 aromatic rings. The fourth-order valence-electron chi connectivity index (χ4n) is 2.67. The summed E-state index contributed by atoms with van der Waals surface area (Å²) in [6, 6.07) is 12.6. The van der Waals surface area contributed by atoms with Crippen molar-refractivity contribution in [3.8, 4) is 6.07 Å². The Kier molecular flexibility index (Phi) is 3.28. The van der Waals surface area contributed by atoms with Gasteiger partial charge in [0.05, 0.1) is 0 Å². The van der Waals surface area contributed by atoms with Crippen LogP contribution in [0, 0.1) is 11.3 Å². The van der Waals surface area contributed by atoms with E-state index in [1.54, 1.807) is 12.1 Å². The van der Waals surface area contributed by atoms with E-state index in [1.165, 1.54) is 6.20 Å². The van der Waals surface area contributed by atoms with Crippen molar-refractivity contribution in [2.45, 2.75) is 19.0 Å². The lowest BCUT2D eigenvalue weighted by Gasteiger charge is -2.36. The number of carboxylic acids is 1. The Balaban J connectivity index is 2.03. The molecule has 5 nitrogen and oxygen atoms in total. The summed E-state index contributed by atoms with van der Waals surface area (Å²) in [5.41, 5.74) is 3.18. The Hall–Kier alpha value is -2.87. The molecule has 2 heterocycles. The Labute approximate surface area is 122 Å². The van der Waals surface area contributed by atoms with E-state index < -0.39 is 12.0 Å². The zero-order valence-corrected chi connectivity index (χ0v) is 11.2.